The maximum Gasteiger partial charge on any atom is 1.00 e. The summed E-state index contributed by atoms with van der Waals surface area (Å²) in [5.74, 6) is 0.801. The molecule has 2 nitrogen and oxygen atoms in total. The summed E-state index contributed by atoms with van der Waals surface area (Å²) in [5, 5.41) is 0. The molecule has 0 atom stereocenters. The van der Waals surface area contributed by atoms with Crippen LogP contribution in [-0.2, 0) is 0 Å². The van der Waals surface area contributed by atoms with Crippen LogP contribution in [0, 0.1) is 13.3 Å². The molecule has 0 saturated carbocycles. The van der Waals surface area contributed by atoms with Crippen LogP contribution in [0.2, 0.25) is 0 Å². The molecule has 0 radical (unpaired) electrons. The molecule has 1 aromatic heterocycles. The third-order valence-electron chi connectivity index (χ3n) is 0.506. The summed E-state index contributed by atoms with van der Waals surface area (Å²) in [6, 6.07) is 0. The molecule has 0 bridgehead atoms. The first kappa shape index (κ1) is 8.26. The minimum atomic E-state index is 0. The maximum absolute atomic E-state index is 4.60. The van der Waals surface area contributed by atoms with Gasteiger partial charge in [-0.05, 0) is 5.76 Å². The SMILES string of the molecule is Cc1cn[c-]o1.[Cs+]. The molecule has 1 rings (SSSR count). The van der Waals surface area contributed by atoms with Crippen LogP contribution in [0.1, 0.15) is 5.76 Å². The fraction of sp³-hybridized carbons (Fsp3) is 0.250. The van der Waals surface area contributed by atoms with Gasteiger partial charge < -0.3 is 9.40 Å². The standard InChI is InChI=1S/C4H4NO.Cs/c1-4-2-5-3-6-4;/h2H,1H3;/q-1;+1. The molecule has 0 aromatic carbocycles. The van der Waals surface area contributed by atoms with Gasteiger partial charge >= 0.3 is 68.9 Å². The number of aromatic nitrogens is 1. The van der Waals surface area contributed by atoms with E-state index in [2.05, 4.69) is 15.8 Å². The van der Waals surface area contributed by atoms with Gasteiger partial charge in [0.15, 0.2) is 0 Å². The summed E-state index contributed by atoms with van der Waals surface area (Å²) in [5.41, 5.74) is 0. The first-order valence-corrected chi connectivity index (χ1v) is 1.68. The van der Waals surface area contributed by atoms with Crippen molar-refractivity contribution < 1.29 is 73.3 Å². The Bertz CT molecular complexity index is 115. The molecule has 0 fully saturated rings. The van der Waals surface area contributed by atoms with Gasteiger partial charge in [-0.25, -0.2) is 0 Å². The average molecular weight is 215 g/mol. The number of hydrogen-bond acceptors (Lipinski definition) is 2. The van der Waals surface area contributed by atoms with Crippen molar-refractivity contribution in [2.75, 3.05) is 0 Å². The van der Waals surface area contributed by atoms with Gasteiger partial charge in [0, 0.05) is 0 Å². The molecule has 0 aliphatic heterocycles. The summed E-state index contributed by atoms with van der Waals surface area (Å²) < 4.78 is 4.60. The molecule has 0 N–H and O–H groups in total. The first-order valence-electron chi connectivity index (χ1n) is 1.68. The van der Waals surface area contributed by atoms with Crippen molar-refractivity contribution in [2.45, 2.75) is 6.92 Å². The van der Waals surface area contributed by atoms with Crippen molar-refractivity contribution in [2.24, 2.45) is 0 Å². The van der Waals surface area contributed by atoms with Gasteiger partial charge in [0.25, 0.3) is 0 Å². The van der Waals surface area contributed by atoms with Gasteiger partial charge in [-0.2, -0.15) is 0 Å². The maximum atomic E-state index is 4.60. The van der Waals surface area contributed by atoms with E-state index in [4.69, 9.17) is 0 Å². The van der Waals surface area contributed by atoms with E-state index in [0.29, 0.717) is 0 Å². The van der Waals surface area contributed by atoms with Crippen molar-refractivity contribution in [1.82, 2.24) is 4.98 Å². The molecular weight excluding hydrogens is 211 g/mol. The van der Waals surface area contributed by atoms with Gasteiger partial charge in [-0.15, -0.1) is 0 Å². The van der Waals surface area contributed by atoms with Gasteiger partial charge in [0.05, 0.1) is 0 Å². The molecule has 0 saturated heterocycles. The Hall–Kier alpha value is 1.26. The van der Waals surface area contributed by atoms with Crippen molar-refractivity contribution in [3.8, 4) is 0 Å². The average Bonchev–Trinajstić information content (AvgIpc) is 1.86. The van der Waals surface area contributed by atoms with E-state index in [1.807, 2.05) is 6.92 Å². The molecule has 1 heterocycles. The zero-order chi connectivity index (χ0) is 4.41. The summed E-state index contributed by atoms with van der Waals surface area (Å²) >= 11 is 0. The number of oxazole rings is 1. The van der Waals surface area contributed by atoms with E-state index in [1.54, 1.807) is 6.20 Å². The molecule has 0 unspecified atom stereocenters. The van der Waals surface area contributed by atoms with E-state index in [1.165, 1.54) is 0 Å². The smallest absolute Gasteiger partial charge is 0.578 e. The minimum Gasteiger partial charge on any atom is -0.578 e. The predicted molar refractivity (Wildman–Crippen MR) is 20.1 cm³/mol. The first-order chi connectivity index (χ1) is 2.89. The third kappa shape index (κ3) is 2.95. The summed E-state index contributed by atoms with van der Waals surface area (Å²) in [6.45, 7) is 1.82. The molecule has 1 aromatic rings. The van der Waals surface area contributed by atoms with Crippen LogP contribution in [0.3, 0.4) is 0 Å². The summed E-state index contributed by atoms with van der Waals surface area (Å²) in [6.07, 6.45) is 3.92. The second-order valence-corrected chi connectivity index (χ2v) is 1.06. The van der Waals surface area contributed by atoms with Crippen LogP contribution >= 0.6 is 0 Å². The Labute approximate surface area is 101 Å². The van der Waals surface area contributed by atoms with Crippen LogP contribution in [0.15, 0.2) is 10.6 Å². The molecule has 7 heavy (non-hydrogen) atoms. The number of rotatable bonds is 0. The van der Waals surface area contributed by atoms with Crippen LogP contribution in [0.4, 0.5) is 0 Å². The quantitative estimate of drug-likeness (QED) is 0.458. The normalized spacial score (nSPS) is 7.57. The number of nitrogens with zero attached hydrogens (tertiary/aromatic N) is 1. The Morgan fingerprint density at radius 3 is 2.71 bits per heavy atom. The van der Waals surface area contributed by atoms with Crippen LogP contribution < -0.4 is 68.9 Å². The largest absolute Gasteiger partial charge is 1.00 e. The summed E-state index contributed by atoms with van der Waals surface area (Å²) in [4.78, 5) is 3.53. The number of aryl methyl sites for hydroxylation is 1. The number of hydrogen-bond donors (Lipinski definition) is 0. The van der Waals surface area contributed by atoms with E-state index in [-0.39, 0.29) is 68.9 Å². The molecule has 0 aliphatic carbocycles. The predicted octanol–water partition coefficient (Wildman–Crippen LogP) is -2.21. The fourth-order valence-corrected chi connectivity index (χ4v) is 0.242. The van der Waals surface area contributed by atoms with Gasteiger partial charge in [0.2, 0.25) is 0 Å². The van der Waals surface area contributed by atoms with E-state index < -0.39 is 0 Å². The third-order valence-corrected chi connectivity index (χ3v) is 0.506. The zero-order valence-electron chi connectivity index (χ0n) is 4.43. The Morgan fingerprint density at radius 1 is 1.86 bits per heavy atom. The van der Waals surface area contributed by atoms with E-state index >= 15 is 0 Å². The topological polar surface area (TPSA) is 26.0 Å². The molecule has 0 spiro atoms. The van der Waals surface area contributed by atoms with Crippen LogP contribution in [0.5, 0.6) is 0 Å². The van der Waals surface area contributed by atoms with E-state index in [0.717, 1.165) is 5.76 Å². The monoisotopic (exact) mass is 215 g/mol. The van der Waals surface area contributed by atoms with Crippen molar-refractivity contribution >= 4 is 0 Å². The molecule has 0 amide bonds. The fourth-order valence-electron chi connectivity index (χ4n) is 0.242. The minimum absolute atomic E-state index is 0. The summed E-state index contributed by atoms with van der Waals surface area (Å²) in [7, 11) is 0. The van der Waals surface area contributed by atoms with Gasteiger partial charge in [0.1, 0.15) is 6.39 Å². The Morgan fingerprint density at radius 2 is 2.57 bits per heavy atom. The van der Waals surface area contributed by atoms with Gasteiger partial charge in [-0.1, -0.05) is 13.1 Å². The molecule has 0 aliphatic rings. The second-order valence-electron chi connectivity index (χ2n) is 1.06. The van der Waals surface area contributed by atoms with Gasteiger partial charge in [-0.3, -0.25) is 0 Å². The molecule has 3 heteroatoms. The second kappa shape index (κ2) is 4.17. The molecule has 32 valence electrons. The Balaban J connectivity index is 0.000000360. The zero-order valence-corrected chi connectivity index (χ0v) is 10.7. The van der Waals surface area contributed by atoms with Crippen molar-refractivity contribution in [3.05, 3.63) is 18.4 Å². The van der Waals surface area contributed by atoms with E-state index in [9.17, 15) is 0 Å². The van der Waals surface area contributed by atoms with Crippen molar-refractivity contribution in [3.63, 3.8) is 0 Å². The van der Waals surface area contributed by atoms with Crippen molar-refractivity contribution in [1.29, 1.82) is 0 Å². The van der Waals surface area contributed by atoms with Crippen LogP contribution in [-0.4, -0.2) is 4.98 Å². The molecular formula is C4H4CsNO. The Kier molecular flexibility index (Phi) is 4.92. The van der Waals surface area contributed by atoms with Crippen LogP contribution in [0.25, 0.3) is 0 Å².